The van der Waals surface area contributed by atoms with Crippen molar-refractivity contribution in [2.45, 2.75) is 103 Å². The first-order valence-electron chi connectivity index (χ1n) is 11.9. The number of carbonyl (C=O) groups is 1. The van der Waals surface area contributed by atoms with Gasteiger partial charge < -0.3 is 19.3 Å². The first kappa shape index (κ1) is 23.0. The zero-order valence-electron chi connectivity index (χ0n) is 20.3. The number of aliphatic hydroxyl groups is 1. The maximum absolute atomic E-state index is 11.8. The van der Waals surface area contributed by atoms with Gasteiger partial charge in [-0.05, 0) is 88.0 Å². The summed E-state index contributed by atoms with van der Waals surface area (Å²) >= 11 is 0. The van der Waals surface area contributed by atoms with E-state index in [1.165, 1.54) is 6.08 Å². The molecule has 5 heteroatoms. The Bertz CT molecular complexity index is 815. The van der Waals surface area contributed by atoms with E-state index in [-0.39, 0.29) is 28.5 Å². The van der Waals surface area contributed by atoms with Gasteiger partial charge in [0, 0.05) is 18.8 Å². The Morgan fingerprint density at radius 2 is 1.71 bits per heavy atom. The van der Waals surface area contributed by atoms with E-state index >= 15 is 0 Å². The number of ether oxygens (including phenoxy) is 3. The lowest BCUT2D eigenvalue weighted by atomic mass is 9.44. The van der Waals surface area contributed by atoms with E-state index in [2.05, 4.69) is 34.6 Å². The summed E-state index contributed by atoms with van der Waals surface area (Å²) in [5, 5.41) is 10.7. The van der Waals surface area contributed by atoms with Crippen molar-refractivity contribution in [3.05, 3.63) is 23.8 Å². The molecule has 0 aromatic rings. The molecule has 4 rings (SSSR count). The van der Waals surface area contributed by atoms with Crippen LogP contribution in [0.1, 0.15) is 80.1 Å². The number of rotatable bonds is 3. The van der Waals surface area contributed by atoms with Crippen LogP contribution in [0.2, 0.25) is 0 Å². The van der Waals surface area contributed by atoms with Gasteiger partial charge in [0.2, 0.25) is 0 Å². The van der Waals surface area contributed by atoms with Crippen LogP contribution >= 0.6 is 0 Å². The molecule has 2 heterocycles. The Kier molecular flexibility index (Phi) is 5.32. The van der Waals surface area contributed by atoms with Crippen molar-refractivity contribution in [3.8, 4) is 0 Å². The molecular weight excluding hydrogens is 392 g/mol. The van der Waals surface area contributed by atoms with Gasteiger partial charge in [-0.15, -0.1) is 0 Å². The van der Waals surface area contributed by atoms with Crippen LogP contribution in [0, 0.1) is 22.7 Å². The minimum atomic E-state index is -1.13. The topological polar surface area (TPSA) is 65.0 Å². The third-order valence-corrected chi connectivity index (χ3v) is 9.46. The van der Waals surface area contributed by atoms with Crippen molar-refractivity contribution in [3.63, 3.8) is 0 Å². The summed E-state index contributed by atoms with van der Waals surface area (Å²) in [6, 6.07) is 0. The normalized spacial score (nSPS) is 49.4. The monoisotopic (exact) mass is 432 g/mol. The summed E-state index contributed by atoms with van der Waals surface area (Å²) in [4.78, 5) is 11.8. The van der Waals surface area contributed by atoms with Gasteiger partial charge in [0.15, 0.2) is 0 Å². The van der Waals surface area contributed by atoms with Gasteiger partial charge in [0.1, 0.15) is 0 Å². The molecule has 1 saturated heterocycles. The molecule has 0 unspecified atom stereocenters. The molecule has 0 bridgehead atoms. The number of esters is 1. The summed E-state index contributed by atoms with van der Waals surface area (Å²) in [5.41, 5.74) is 0.207. The molecular formula is C26H40O5. The van der Waals surface area contributed by atoms with Gasteiger partial charge in [0.25, 0.3) is 5.79 Å². The van der Waals surface area contributed by atoms with Crippen LogP contribution in [0.25, 0.3) is 0 Å². The van der Waals surface area contributed by atoms with Crippen molar-refractivity contribution in [1.29, 1.82) is 0 Å². The number of aliphatic hydroxyl groups excluding tert-OH is 1. The van der Waals surface area contributed by atoms with Gasteiger partial charge >= 0.3 is 5.97 Å². The van der Waals surface area contributed by atoms with Crippen molar-refractivity contribution in [2.24, 2.45) is 22.7 Å². The van der Waals surface area contributed by atoms with Gasteiger partial charge in [0.05, 0.1) is 17.3 Å². The lowest BCUT2D eigenvalue weighted by molar-refractivity contribution is -0.262. The molecule has 3 fully saturated rings. The lowest BCUT2D eigenvalue weighted by Crippen LogP contribution is -2.64. The molecule has 2 aliphatic carbocycles. The SMILES string of the molecule is CO[C@]1(/C=C/[C@@]2(C)CC[C@@H]3[C@@]4(C)CC[C@@H](O)C(C)(C)[C@@H]4CC[C@@]3(C)O2)OC(=O)C=C1C. The summed E-state index contributed by atoms with van der Waals surface area (Å²) in [6.07, 6.45) is 11.2. The number of hydrogen-bond donors (Lipinski definition) is 1. The van der Waals surface area contributed by atoms with Crippen LogP contribution in [-0.2, 0) is 19.0 Å². The van der Waals surface area contributed by atoms with E-state index in [0.29, 0.717) is 11.8 Å². The number of cyclic esters (lactones) is 1. The molecule has 4 aliphatic rings. The Hall–Kier alpha value is -1.17. The molecule has 2 saturated carbocycles. The van der Waals surface area contributed by atoms with Gasteiger partial charge in [-0.25, -0.2) is 4.79 Å². The molecule has 0 amide bonds. The smallest absolute Gasteiger partial charge is 0.333 e. The van der Waals surface area contributed by atoms with Crippen molar-refractivity contribution in [1.82, 2.24) is 0 Å². The van der Waals surface area contributed by atoms with Gasteiger partial charge in [-0.3, -0.25) is 0 Å². The Morgan fingerprint density at radius 3 is 2.32 bits per heavy atom. The second kappa shape index (κ2) is 7.16. The Morgan fingerprint density at radius 1 is 1.03 bits per heavy atom. The van der Waals surface area contributed by atoms with E-state index in [0.717, 1.165) is 44.1 Å². The van der Waals surface area contributed by atoms with Gasteiger partial charge in [-0.1, -0.05) is 26.8 Å². The number of fused-ring (bicyclic) bond motifs is 3. The zero-order chi connectivity index (χ0) is 22.9. The number of carbonyl (C=O) groups excluding carboxylic acids is 1. The van der Waals surface area contributed by atoms with Gasteiger partial charge in [-0.2, -0.15) is 0 Å². The molecule has 1 N–H and O–H groups in total. The average molecular weight is 433 g/mol. The number of hydrogen-bond acceptors (Lipinski definition) is 5. The van der Waals surface area contributed by atoms with E-state index in [1.54, 1.807) is 7.11 Å². The lowest BCUT2D eigenvalue weighted by Gasteiger charge is -2.66. The van der Waals surface area contributed by atoms with E-state index < -0.39 is 11.4 Å². The quantitative estimate of drug-likeness (QED) is 0.506. The Labute approximate surface area is 187 Å². The molecule has 0 aromatic heterocycles. The van der Waals surface area contributed by atoms with E-state index in [9.17, 15) is 9.90 Å². The zero-order valence-corrected chi connectivity index (χ0v) is 20.3. The fraction of sp³-hybridized carbons (Fsp3) is 0.808. The largest absolute Gasteiger partial charge is 0.422 e. The second-order valence-electron chi connectivity index (χ2n) is 11.7. The first-order valence-corrected chi connectivity index (χ1v) is 11.9. The third kappa shape index (κ3) is 3.43. The van der Waals surface area contributed by atoms with Crippen molar-refractivity contribution < 1.29 is 24.1 Å². The van der Waals surface area contributed by atoms with Crippen molar-refractivity contribution in [2.75, 3.05) is 7.11 Å². The summed E-state index contributed by atoms with van der Waals surface area (Å²) in [6.45, 7) is 13.2. The molecule has 174 valence electrons. The van der Waals surface area contributed by atoms with Crippen LogP contribution in [-0.4, -0.2) is 41.3 Å². The van der Waals surface area contributed by atoms with Crippen LogP contribution in [0.4, 0.5) is 0 Å². The fourth-order valence-corrected chi connectivity index (χ4v) is 7.65. The maximum atomic E-state index is 11.8. The molecule has 5 nitrogen and oxygen atoms in total. The minimum absolute atomic E-state index is 0.0595. The van der Waals surface area contributed by atoms with E-state index in [1.807, 2.05) is 19.1 Å². The van der Waals surface area contributed by atoms with Crippen LogP contribution < -0.4 is 0 Å². The standard InChI is InChI=1S/C26H40O5/c1-17-16-21(28)30-26(17,29-7)15-14-23(4)11-8-19-24(5)12-10-20(27)22(2,3)18(24)9-13-25(19,6)31-23/h14-16,18-20,27H,8-13H2,1-7H3/b15-14+/t18-,19+,20+,23+,24-,25+,26+/m0/s1. The fourth-order valence-electron chi connectivity index (χ4n) is 7.65. The predicted octanol–water partition coefficient (Wildman–Crippen LogP) is 4.93. The molecule has 0 aromatic carbocycles. The average Bonchev–Trinajstić information content (AvgIpc) is 2.96. The Balaban J connectivity index is 1.58. The molecule has 31 heavy (non-hydrogen) atoms. The highest BCUT2D eigenvalue weighted by Gasteiger charge is 2.63. The van der Waals surface area contributed by atoms with E-state index in [4.69, 9.17) is 14.2 Å². The van der Waals surface area contributed by atoms with Crippen LogP contribution in [0.3, 0.4) is 0 Å². The second-order valence-corrected chi connectivity index (χ2v) is 11.7. The summed E-state index contributed by atoms with van der Waals surface area (Å²) in [7, 11) is 1.56. The highest BCUT2D eigenvalue weighted by Crippen LogP contribution is 2.65. The maximum Gasteiger partial charge on any atom is 0.333 e. The molecule has 0 spiro atoms. The number of methoxy groups -OCH3 is 1. The summed E-state index contributed by atoms with van der Waals surface area (Å²) < 4.78 is 18.0. The van der Waals surface area contributed by atoms with Crippen LogP contribution in [0.15, 0.2) is 23.8 Å². The third-order valence-electron chi connectivity index (χ3n) is 9.46. The van der Waals surface area contributed by atoms with Crippen LogP contribution in [0.5, 0.6) is 0 Å². The predicted molar refractivity (Wildman–Crippen MR) is 119 cm³/mol. The molecule has 0 radical (unpaired) electrons. The first-order chi connectivity index (χ1) is 14.3. The highest BCUT2D eigenvalue weighted by molar-refractivity contribution is 5.86. The highest BCUT2D eigenvalue weighted by atomic mass is 16.7. The molecule has 2 aliphatic heterocycles. The molecule has 7 atom stereocenters. The minimum Gasteiger partial charge on any atom is -0.422 e. The van der Waals surface area contributed by atoms with Crippen molar-refractivity contribution >= 4 is 5.97 Å². The summed E-state index contributed by atoms with van der Waals surface area (Å²) in [5.74, 6) is -0.532.